The molecule has 0 spiro atoms. The summed E-state index contributed by atoms with van der Waals surface area (Å²) in [6.45, 7) is 0. The highest BCUT2D eigenvalue weighted by Gasteiger charge is 2.14. The Morgan fingerprint density at radius 3 is 2.67 bits per heavy atom. The molecular weight excluding hydrogens is 291 g/mol. The van der Waals surface area contributed by atoms with Crippen molar-refractivity contribution < 1.29 is 9.50 Å². The predicted molar refractivity (Wildman–Crippen MR) is 79.6 cm³/mol. The molecule has 5 heteroatoms. The molecule has 0 saturated carbocycles. The fraction of sp³-hybridized carbons (Fsp3) is 0.125. The van der Waals surface area contributed by atoms with Gasteiger partial charge in [-0.25, -0.2) is 9.37 Å². The molecule has 0 radical (unpaired) electrons. The number of rotatable bonds is 3. The summed E-state index contributed by atoms with van der Waals surface area (Å²) in [5, 5.41) is 10.6. The SMILES string of the molecule is OC(Cc1ccc(F)cc1Cl)c1cnc2ccccc2n1. The summed E-state index contributed by atoms with van der Waals surface area (Å²) in [4.78, 5) is 8.65. The Morgan fingerprint density at radius 1 is 1.14 bits per heavy atom. The summed E-state index contributed by atoms with van der Waals surface area (Å²) in [6.07, 6.45) is 0.960. The van der Waals surface area contributed by atoms with Gasteiger partial charge in [-0.3, -0.25) is 4.98 Å². The van der Waals surface area contributed by atoms with E-state index in [0.29, 0.717) is 16.3 Å². The van der Waals surface area contributed by atoms with E-state index in [9.17, 15) is 9.50 Å². The van der Waals surface area contributed by atoms with Crippen LogP contribution in [0, 0.1) is 5.82 Å². The number of aromatic nitrogens is 2. The van der Waals surface area contributed by atoms with Gasteiger partial charge in [0.25, 0.3) is 0 Å². The second kappa shape index (κ2) is 5.76. The van der Waals surface area contributed by atoms with Crippen molar-refractivity contribution in [1.82, 2.24) is 9.97 Å². The molecule has 21 heavy (non-hydrogen) atoms. The second-order valence-corrected chi connectivity index (χ2v) is 5.15. The standard InChI is InChI=1S/C16H12ClFN2O/c17-12-8-11(18)6-5-10(12)7-16(21)15-9-19-13-3-1-2-4-14(13)20-15/h1-6,8-9,16,21H,7H2. The number of fused-ring (bicyclic) bond motifs is 1. The molecule has 1 unspecified atom stereocenters. The number of hydrogen-bond acceptors (Lipinski definition) is 3. The van der Waals surface area contributed by atoms with E-state index in [1.165, 1.54) is 12.1 Å². The van der Waals surface area contributed by atoms with Gasteiger partial charge in [-0.05, 0) is 29.8 Å². The van der Waals surface area contributed by atoms with E-state index >= 15 is 0 Å². The molecule has 106 valence electrons. The maximum Gasteiger partial charge on any atom is 0.124 e. The van der Waals surface area contributed by atoms with Crippen molar-refractivity contribution in [2.45, 2.75) is 12.5 Å². The normalized spacial score (nSPS) is 12.5. The van der Waals surface area contributed by atoms with Crippen LogP contribution in [0.2, 0.25) is 5.02 Å². The van der Waals surface area contributed by atoms with Crippen molar-refractivity contribution in [3.63, 3.8) is 0 Å². The first-order chi connectivity index (χ1) is 10.1. The Kier molecular flexibility index (Phi) is 3.82. The number of aliphatic hydroxyl groups is 1. The third-order valence-electron chi connectivity index (χ3n) is 3.24. The minimum atomic E-state index is -0.843. The lowest BCUT2D eigenvalue weighted by molar-refractivity contribution is 0.173. The van der Waals surface area contributed by atoms with Gasteiger partial charge in [-0.15, -0.1) is 0 Å². The lowest BCUT2D eigenvalue weighted by Gasteiger charge is -2.11. The molecule has 3 rings (SSSR count). The first-order valence-electron chi connectivity index (χ1n) is 6.47. The third-order valence-corrected chi connectivity index (χ3v) is 3.59. The largest absolute Gasteiger partial charge is 0.386 e. The number of benzene rings is 2. The minimum absolute atomic E-state index is 0.256. The molecule has 1 aromatic heterocycles. The van der Waals surface area contributed by atoms with Crippen molar-refractivity contribution in [3.05, 3.63) is 70.8 Å². The lowest BCUT2D eigenvalue weighted by Crippen LogP contribution is -2.05. The Hall–Kier alpha value is -2.04. The number of hydrogen-bond donors (Lipinski definition) is 1. The van der Waals surface area contributed by atoms with E-state index in [2.05, 4.69) is 9.97 Å². The van der Waals surface area contributed by atoms with Gasteiger partial charge in [-0.1, -0.05) is 29.8 Å². The quantitative estimate of drug-likeness (QED) is 0.802. The van der Waals surface area contributed by atoms with E-state index in [0.717, 1.165) is 11.0 Å². The Morgan fingerprint density at radius 2 is 1.90 bits per heavy atom. The average molecular weight is 303 g/mol. The van der Waals surface area contributed by atoms with Crippen LogP contribution in [0.3, 0.4) is 0 Å². The van der Waals surface area contributed by atoms with Gasteiger partial charge >= 0.3 is 0 Å². The maximum atomic E-state index is 13.0. The molecule has 0 aliphatic carbocycles. The summed E-state index contributed by atoms with van der Waals surface area (Å²) < 4.78 is 13.0. The number of halogens is 2. The smallest absolute Gasteiger partial charge is 0.124 e. The molecule has 0 saturated heterocycles. The Labute approximate surface area is 126 Å². The average Bonchev–Trinajstić information content (AvgIpc) is 2.49. The molecule has 1 atom stereocenters. The van der Waals surface area contributed by atoms with Crippen molar-refractivity contribution >= 4 is 22.6 Å². The zero-order valence-corrected chi connectivity index (χ0v) is 11.8. The van der Waals surface area contributed by atoms with E-state index in [1.807, 2.05) is 24.3 Å². The highest BCUT2D eigenvalue weighted by molar-refractivity contribution is 6.31. The van der Waals surface area contributed by atoms with Crippen LogP contribution in [-0.4, -0.2) is 15.1 Å². The van der Waals surface area contributed by atoms with E-state index < -0.39 is 11.9 Å². The summed E-state index contributed by atoms with van der Waals surface area (Å²) in [6, 6.07) is 11.6. The first kappa shape index (κ1) is 13.9. The van der Waals surface area contributed by atoms with Crippen LogP contribution in [0.25, 0.3) is 11.0 Å². The van der Waals surface area contributed by atoms with E-state index in [1.54, 1.807) is 12.3 Å². The van der Waals surface area contributed by atoms with Crippen molar-refractivity contribution in [2.24, 2.45) is 0 Å². The van der Waals surface area contributed by atoms with Crippen molar-refractivity contribution in [3.8, 4) is 0 Å². The van der Waals surface area contributed by atoms with Gasteiger partial charge in [0.2, 0.25) is 0 Å². The summed E-state index contributed by atoms with van der Waals surface area (Å²) in [5.41, 5.74) is 2.63. The number of aliphatic hydroxyl groups excluding tert-OH is 1. The highest BCUT2D eigenvalue weighted by Crippen LogP contribution is 2.24. The van der Waals surface area contributed by atoms with Crippen LogP contribution >= 0.6 is 11.6 Å². The van der Waals surface area contributed by atoms with Gasteiger partial charge in [0.05, 0.1) is 22.9 Å². The van der Waals surface area contributed by atoms with Crippen LogP contribution in [-0.2, 0) is 6.42 Å². The lowest BCUT2D eigenvalue weighted by atomic mass is 10.1. The van der Waals surface area contributed by atoms with Crippen LogP contribution in [0.5, 0.6) is 0 Å². The predicted octanol–water partition coefficient (Wildman–Crippen LogP) is 3.70. The first-order valence-corrected chi connectivity index (χ1v) is 6.85. The van der Waals surface area contributed by atoms with Crippen LogP contribution in [0.4, 0.5) is 4.39 Å². The van der Waals surface area contributed by atoms with Gasteiger partial charge in [0, 0.05) is 11.4 Å². The van der Waals surface area contributed by atoms with E-state index in [-0.39, 0.29) is 6.42 Å². The maximum absolute atomic E-state index is 13.0. The molecule has 0 aliphatic heterocycles. The third kappa shape index (κ3) is 3.01. The van der Waals surface area contributed by atoms with E-state index in [4.69, 9.17) is 11.6 Å². The molecule has 1 heterocycles. The molecule has 2 aromatic carbocycles. The number of para-hydroxylation sites is 2. The molecule has 0 amide bonds. The monoisotopic (exact) mass is 302 g/mol. The fourth-order valence-corrected chi connectivity index (χ4v) is 2.38. The Bertz CT molecular complexity index is 794. The number of nitrogens with zero attached hydrogens (tertiary/aromatic N) is 2. The molecule has 1 N–H and O–H groups in total. The fourth-order valence-electron chi connectivity index (χ4n) is 2.13. The summed E-state index contributed by atoms with van der Waals surface area (Å²) in [7, 11) is 0. The molecular formula is C16H12ClFN2O. The van der Waals surface area contributed by atoms with Gasteiger partial charge in [-0.2, -0.15) is 0 Å². The van der Waals surface area contributed by atoms with Gasteiger partial charge in [0.1, 0.15) is 11.9 Å². The minimum Gasteiger partial charge on any atom is -0.386 e. The zero-order chi connectivity index (χ0) is 14.8. The highest BCUT2D eigenvalue weighted by atomic mass is 35.5. The van der Waals surface area contributed by atoms with Crippen molar-refractivity contribution in [1.29, 1.82) is 0 Å². The molecule has 0 bridgehead atoms. The van der Waals surface area contributed by atoms with Gasteiger partial charge in [0.15, 0.2) is 0 Å². The topological polar surface area (TPSA) is 46.0 Å². The summed E-state index contributed by atoms with van der Waals surface area (Å²) in [5.74, 6) is -0.399. The molecule has 0 aliphatic rings. The van der Waals surface area contributed by atoms with Crippen LogP contribution in [0.15, 0.2) is 48.7 Å². The molecule has 3 aromatic rings. The summed E-state index contributed by atoms with van der Waals surface area (Å²) >= 11 is 5.97. The zero-order valence-electron chi connectivity index (χ0n) is 11.0. The van der Waals surface area contributed by atoms with Gasteiger partial charge < -0.3 is 5.11 Å². The van der Waals surface area contributed by atoms with Crippen LogP contribution in [0.1, 0.15) is 17.4 Å². The second-order valence-electron chi connectivity index (χ2n) is 4.74. The molecule has 3 nitrogen and oxygen atoms in total. The van der Waals surface area contributed by atoms with Crippen LogP contribution < -0.4 is 0 Å². The Balaban J connectivity index is 1.87. The molecule has 0 fully saturated rings. The van der Waals surface area contributed by atoms with Crippen molar-refractivity contribution in [2.75, 3.05) is 0 Å².